The summed E-state index contributed by atoms with van der Waals surface area (Å²) in [4.78, 5) is 24.3. The first-order chi connectivity index (χ1) is 31.5. The highest BCUT2D eigenvalue weighted by molar-refractivity contribution is 5.89. The van der Waals surface area contributed by atoms with Crippen molar-refractivity contribution in [3.63, 3.8) is 0 Å². The van der Waals surface area contributed by atoms with Crippen LogP contribution in [0.15, 0.2) is 97.1 Å². The van der Waals surface area contributed by atoms with Crippen molar-refractivity contribution in [1.82, 2.24) is 0 Å². The fraction of sp³-hybridized carbons (Fsp3) is 0.407. The van der Waals surface area contributed by atoms with Gasteiger partial charge in [0.15, 0.2) is 0 Å². The van der Waals surface area contributed by atoms with Crippen LogP contribution in [0.25, 0.3) is 44.5 Å². The number of fused-ring (bicyclic) bond motifs is 6. The SMILES string of the molecule is COCCOCCC1(CCOCCOC)c2cc(C=O)ccc2-c2ccc(-c3ccc(-c4ccc5c(c4)C(CCOCCOC)(CCOCCOC)c4cc(C=O)ccc4-5)cc3)cc21. The summed E-state index contributed by atoms with van der Waals surface area (Å²) in [6, 6.07) is 34.4. The molecule has 0 bridgehead atoms. The van der Waals surface area contributed by atoms with Crippen molar-refractivity contribution < 1.29 is 47.5 Å². The van der Waals surface area contributed by atoms with Crippen LogP contribution in [-0.4, -0.2) is 120 Å². The fourth-order valence-electron chi connectivity index (χ4n) is 9.68. The summed E-state index contributed by atoms with van der Waals surface area (Å²) in [6.07, 6.45) is 4.71. The number of benzene rings is 5. The number of ether oxygens (including phenoxy) is 8. The molecular formula is C54H62O10. The second-order valence-corrected chi connectivity index (χ2v) is 16.5. The predicted molar refractivity (Wildman–Crippen MR) is 250 cm³/mol. The van der Waals surface area contributed by atoms with Gasteiger partial charge in [0.1, 0.15) is 12.6 Å². The Bertz CT molecular complexity index is 2130. The van der Waals surface area contributed by atoms with Crippen molar-refractivity contribution in [3.05, 3.63) is 130 Å². The van der Waals surface area contributed by atoms with Gasteiger partial charge in [-0.05, 0) is 117 Å². The first-order valence-corrected chi connectivity index (χ1v) is 22.3. The summed E-state index contributed by atoms with van der Waals surface area (Å²) >= 11 is 0. The summed E-state index contributed by atoms with van der Waals surface area (Å²) in [7, 11) is 6.70. The highest BCUT2D eigenvalue weighted by Crippen LogP contribution is 2.55. The van der Waals surface area contributed by atoms with Crippen molar-refractivity contribution >= 4 is 12.6 Å². The molecule has 0 amide bonds. The normalized spacial score (nSPS) is 13.9. The molecular weight excluding hydrogens is 809 g/mol. The average molecular weight is 871 g/mol. The van der Waals surface area contributed by atoms with Crippen LogP contribution in [0, 0.1) is 0 Å². The Morgan fingerprint density at radius 1 is 0.344 bits per heavy atom. The van der Waals surface area contributed by atoms with E-state index in [4.69, 9.17) is 37.9 Å². The van der Waals surface area contributed by atoms with Crippen molar-refractivity contribution in [1.29, 1.82) is 0 Å². The number of carbonyl (C=O) groups excluding carboxylic acids is 2. The molecule has 0 unspecified atom stereocenters. The lowest BCUT2D eigenvalue weighted by Crippen LogP contribution is -2.30. The summed E-state index contributed by atoms with van der Waals surface area (Å²) in [6.45, 7) is 6.20. The highest BCUT2D eigenvalue weighted by Gasteiger charge is 2.44. The van der Waals surface area contributed by atoms with Crippen LogP contribution in [0.3, 0.4) is 0 Å². The maximum absolute atomic E-state index is 12.1. The van der Waals surface area contributed by atoms with Gasteiger partial charge in [0, 0.05) is 76.8 Å². The zero-order valence-corrected chi connectivity index (χ0v) is 37.8. The number of methoxy groups -OCH3 is 4. The average Bonchev–Trinajstić information content (AvgIpc) is 3.76. The monoisotopic (exact) mass is 870 g/mol. The van der Waals surface area contributed by atoms with Gasteiger partial charge in [-0.2, -0.15) is 0 Å². The van der Waals surface area contributed by atoms with E-state index in [-0.39, 0.29) is 0 Å². The lowest BCUT2D eigenvalue weighted by Gasteiger charge is -2.33. The van der Waals surface area contributed by atoms with Gasteiger partial charge in [-0.25, -0.2) is 0 Å². The largest absolute Gasteiger partial charge is 0.382 e. The Hall–Kier alpha value is -4.88. The molecule has 7 rings (SSSR count). The minimum absolute atomic E-state index is 0.440. The van der Waals surface area contributed by atoms with Crippen LogP contribution in [0.5, 0.6) is 0 Å². The number of hydrogen-bond donors (Lipinski definition) is 0. The quantitative estimate of drug-likeness (QED) is 0.0357. The van der Waals surface area contributed by atoms with Gasteiger partial charge in [0.2, 0.25) is 0 Å². The third-order valence-corrected chi connectivity index (χ3v) is 13.0. The predicted octanol–water partition coefficient (Wildman–Crippen LogP) is 9.39. The molecule has 5 aromatic rings. The zero-order chi connectivity index (χ0) is 44.8. The maximum Gasteiger partial charge on any atom is 0.150 e. The van der Waals surface area contributed by atoms with Crippen molar-refractivity contribution in [2.75, 3.05) is 108 Å². The molecule has 2 aliphatic rings. The van der Waals surface area contributed by atoms with Gasteiger partial charge in [-0.1, -0.05) is 72.8 Å². The van der Waals surface area contributed by atoms with Gasteiger partial charge in [0.05, 0.1) is 52.9 Å². The van der Waals surface area contributed by atoms with E-state index in [2.05, 4.69) is 84.9 Å². The van der Waals surface area contributed by atoms with Crippen molar-refractivity contribution in [3.8, 4) is 44.5 Å². The summed E-state index contributed by atoms with van der Waals surface area (Å²) in [5.74, 6) is 0. The first-order valence-electron chi connectivity index (χ1n) is 22.3. The lowest BCUT2D eigenvalue weighted by atomic mass is 9.72. The van der Waals surface area contributed by atoms with Crippen LogP contribution in [0.2, 0.25) is 0 Å². The van der Waals surface area contributed by atoms with E-state index in [1.54, 1.807) is 28.4 Å². The molecule has 0 aromatic heterocycles. The minimum Gasteiger partial charge on any atom is -0.382 e. The van der Waals surface area contributed by atoms with Crippen LogP contribution >= 0.6 is 0 Å². The van der Waals surface area contributed by atoms with Gasteiger partial charge in [-0.15, -0.1) is 0 Å². The molecule has 64 heavy (non-hydrogen) atoms. The lowest BCUT2D eigenvalue weighted by molar-refractivity contribution is 0.0490. The van der Waals surface area contributed by atoms with E-state index >= 15 is 0 Å². The standard InChI is InChI=1S/C54H62O10/c1-57-25-29-61-21-17-53(18-22-62-30-26-58-2)49-33-39(37-55)5-13-45(49)47-15-11-43(35-51(47)53)41-7-9-42(10-8-41)44-12-16-48-46-14-6-40(38-56)34-50(46)54(52(48)36-44,19-23-63-31-27-59-3)20-24-64-32-28-60-4/h5-16,33-38H,17-32H2,1-4H3. The molecule has 0 spiro atoms. The van der Waals surface area contributed by atoms with Crippen molar-refractivity contribution in [2.24, 2.45) is 0 Å². The van der Waals surface area contributed by atoms with Gasteiger partial charge in [0.25, 0.3) is 0 Å². The topological polar surface area (TPSA) is 108 Å². The Kier molecular flexibility index (Phi) is 16.8. The maximum atomic E-state index is 12.1. The molecule has 0 heterocycles. The smallest absolute Gasteiger partial charge is 0.150 e. The Labute approximate surface area is 378 Å². The van der Waals surface area contributed by atoms with Gasteiger partial charge < -0.3 is 37.9 Å². The molecule has 338 valence electrons. The summed E-state index contributed by atoms with van der Waals surface area (Å²) in [5.41, 5.74) is 14.1. The first kappa shape index (κ1) is 47.1. The van der Waals surface area contributed by atoms with E-state index < -0.39 is 10.8 Å². The van der Waals surface area contributed by atoms with Gasteiger partial charge >= 0.3 is 0 Å². The molecule has 0 fully saturated rings. The molecule has 10 nitrogen and oxygen atoms in total. The van der Waals surface area contributed by atoms with Crippen LogP contribution in [-0.2, 0) is 48.7 Å². The molecule has 0 saturated carbocycles. The molecule has 2 aliphatic carbocycles. The third kappa shape index (κ3) is 10.2. The number of hydrogen-bond acceptors (Lipinski definition) is 10. The van der Waals surface area contributed by atoms with E-state index in [1.165, 1.54) is 11.1 Å². The van der Waals surface area contributed by atoms with Crippen LogP contribution in [0.4, 0.5) is 0 Å². The second-order valence-electron chi connectivity index (χ2n) is 16.5. The molecule has 0 N–H and O–H groups in total. The second kappa shape index (κ2) is 22.8. The van der Waals surface area contributed by atoms with E-state index in [0.29, 0.717) is 116 Å². The Morgan fingerprint density at radius 2 is 0.625 bits per heavy atom. The molecule has 0 radical (unpaired) electrons. The minimum atomic E-state index is -0.440. The fourth-order valence-corrected chi connectivity index (χ4v) is 9.68. The van der Waals surface area contributed by atoms with Crippen LogP contribution < -0.4 is 0 Å². The van der Waals surface area contributed by atoms with Gasteiger partial charge in [-0.3, -0.25) is 9.59 Å². The number of rotatable bonds is 28. The van der Waals surface area contributed by atoms with E-state index in [0.717, 1.165) is 68.2 Å². The molecule has 0 saturated heterocycles. The van der Waals surface area contributed by atoms with Crippen molar-refractivity contribution in [2.45, 2.75) is 36.5 Å². The van der Waals surface area contributed by atoms with Crippen LogP contribution in [0.1, 0.15) is 68.7 Å². The third-order valence-electron chi connectivity index (χ3n) is 13.0. The summed E-state index contributed by atoms with van der Waals surface area (Å²) < 4.78 is 45.5. The van der Waals surface area contributed by atoms with E-state index in [9.17, 15) is 9.59 Å². The Morgan fingerprint density at radius 3 is 0.922 bits per heavy atom. The molecule has 0 atom stereocenters. The highest BCUT2D eigenvalue weighted by atomic mass is 16.5. The molecule has 0 aliphatic heterocycles. The molecule has 5 aromatic carbocycles. The number of carbonyl (C=O) groups is 2. The Balaban J connectivity index is 1.23. The number of aldehydes is 2. The van der Waals surface area contributed by atoms with E-state index in [1.807, 2.05) is 12.1 Å². The zero-order valence-electron chi connectivity index (χ0n) is 37.8. The summed E-state index contributed by atoms with van der Waals surface area (Å²) in [5, 5.41) is 0. The molecule has 10 heteroatoms.